The second-order valence-corrected chi connectivity index (χ2v) is 4.70. The van der Waals surface area contributed by atoms with Gasteiger partial charge < -0.3 is 21.3 Å². The lowest BCUT2D eigenvalue weighted by atomic mass is 10.1. The molecule has 0 heterocycles. The number of phenolic OH excluding ortho intramolecular Hbond substituents is 1. The van der Waals surface area contributed by atoms with Crippen LogP contribution in [0.1, 0.15) is 25.3 Å². The predicted octanol–water partition coefficient (Wildman–Crippen LogP) is 0.631. The van der Waals surface area contributed by atoms with Gasteiger partial charge in [0, 0.05) is 18.9 Å². The largest absolute Gasteiger partial charge is 0.508 e. The van der Waals surface area contributed by atoms with Crippen molar-refractivity contribution in [2.45, 2.75) is 38.3 Å². The van der Waals surface area contributed by atoms with Gasteiger partial charge in [-0.1, -0.05) is 19.1 Å². The maximum absolute atomic E-state index is 11.7. The first-order valence-electron chi connectivity index (χ1n) is 6.48. The number of nitrogens with two attached hydrogens (primary N) is 1. The number of aliphatic carboxylic acids is 1. The minimum atomic E-state index is -1.10. The van der Waals surface area contributed by atoms with Crippen molar-refractivity contribution in [2.75, 3.05) is 0 Å². The van der Waals surface area contributed by atoms with Gasteiger partial charge in [-0.3, -0.25) is 4.79 Å². The monoisotopic (exact) mass is 280 g/mol. The molecule has 0 aliphatic rings. The van der Waals surface area contributed by atoms with Crippen LogP contribution in [0.2, 0.25) is 0 Å². The quantitative estimate of drug-likeness (QED) is 0.585. The van der Waals surface area contributed by atoms with Crippen LogP contribution < -0.4 is 11.1 Å². The number of hydrogen-bond acceptors (Lipinski definition) is 4. The Morgan fingerprint density at radius 3 is 2.40 bits per heavy atom. The summed E-state index contributed by atoms with van der Waals surface area (Å²) in [5, 5.41) is 20.8. The summed E-state index contributed by atoms with van der Waals surface area (Å²) >= 11 is 0. The van der Waals surface area contributed by atoms with Crippen molar-refractivity contribution >= 4 is 11.9 Å². The molecule has 0 saturated carbocycles. The molecular formula is C14H20N2O4. The van der Waals surface area contributed by atoms with Gasteiger partial charge in [0.1, 0.15) is 11.8 Å². The number of aromatic hydroxyl groups is 1. The molecule has 1 unspecified atom stereocenters. The fraction of sp³-hybridized carbons (Fsp3) is 0.429. The number of nitrogens with one attached hydrogen (secondary N) is 1. The number of carbonyl (C=O) groups is 2. The van der Waals surface area contributed by atoms with Crippen molar-refractivity contribution in [3.05, 3.63) is 29.8 Å². The Bertz CT molecular complexity index is 459. The molecule has 1 rings (SSSR count). The summed E-state index contributed by atoms with van der Waals surface area (Å²) in [6.45, 7) is 1.86. The molecule has 6 heteroatoms. The number of carboxylic acids is 1. The zero-order chi connectivity index (χ0) is 15.1. The zero-order valence-corrected chi connectivity index (χ0v) is 11.4. The Hall–Kier alpha value is -2.08. The number of carboxylic acid groups (broad SMARTS) is 1. The first kappa shape index (κ1) is 16.0. The fourth-order valence-electron chi connectivity index (χ4n) is 1.70. The van der Waals surface area contributed by atoms with Crippen LogP contribution in [0.3, 0.4) is 0 Å². The van der Waals surface area contributed by atoms with Gasteiger partial charge in [-0.2, -0.15) is 0 Å². The normalized spacial score (nSPS) is 13.5. The summed E-state index contributed by atoms with van der Waals surface area (Å²) < 4.78 is 0. The second kappa shape index (κ2) is 7.49. The van der Waals surface area contributed by atoms with Crippen LogP contribution >= 0.6 is 0 Å². The minimum Gasteiger partial charge on any atom is -0.508 e. The molecule has 1 amide bonds. The van der Waals surface area contributed by atoms with E-state index in [2.05, 4.69) is 5.32 Å². The van der Waals surface area contributed by atoms with E-state index in [9.17, 15) is 14.7 Å². The number of carbonyl (C=O) groups excluding carboxylic acids is 1. The highest BCUT2D eigenvalue weighted by molar-refractivity contribution is 5.84. The van der Waals surface area contributed by atoms with Gasteiger partial charge in [-0.05, 0) is 24.1 Å². The molecule has 0 spiro atoms. The van der Waals surface area contributed by atoms with E-state index in [4.69, 9.17) is 10.8 Å². The fourth-order valence-corrected chi connectivity index (χ4v) is 1.70. The lowest BCUT2D eigenvalue weighted by molar-refractivity contribution is -0.141. The minimum absolute atomic E-state index is 0.107. The van der Waals surface area contributed by atoms with E-state index in [1.54, 1.807) is 12.1 Å². The third-order valence-electron chi connectivity index (χ3n) is 2.98. The predicted molar refractivity (Wildman–Crippen MR) is 74.3 cm³/mol. The van der Waals surface area contributed by atoms with Gasteiger partial charge in [-0.15, -0.1) is 0 Å². The lowest BCUT2D eigenvalue weighted by Gasteiger charge is -2.16. The third-order valence-corrected chi connectivity index (χ3v) is 2.98. The molecule has 0 bridgehead atoms. The SMILES string of the molecule is CCC(N)CC(=O)N[C@@H](Cc1ccc(O)cc1)C(=O)O. The smallest absolute Gasteiger partial charge is 0.326 e. The first-order valence-corrected chi connectivity index (χ1v) is 6.48. The van der Waals surface area contributed by atoms with Crippen molar-refractivity contribution in [2.24, 2.45) is 5.73 Å². The first-order chi connectivity index (χ1) is 9.42. The van der Waals surface area contributed by atoms with Gasteiger partial charge in [-0.25, -0.2) is 4.79 Å². The molecule has 0 aliphatic heterocycles. The molecule has 5 N–H and O–H groups in total. The van der Waals surface area contributed by atoms with Gasteiger partial charge >= 0.3 is 5.97 Å². The average molecular weight is 280 g/mol. The van der Waals surface area contributed by atoms with Crippen LogP contribution in [0.4, 0.5) is 0 Å². The number of rotatable bonds is 7. The number of amides is 1. The van der Waals surface area contributed by atoms with Gasteiger partial charge in [0.15, 0.2) is 0 Å². The van der Waals surface area contributed by atoms with Crippen molar-refractivity contribution in [1.82, 2.24) is 5.32 Å². The summed E-state index contributed by atoms with van der Waals surface area (Å²) in [6.07, 6.45) is 0.918. The van der Waals surface area contributed by atoms with Gasteiger partial charge in [0.2, 0.25) is 5.91 Å². The molecule has 0 saturated heterocycles. The molecule has 2 atom stereocenters. The van der Waals surface area contributed by atoms with Gasteiger partial charge in [0.05, 0.1) is 0 Å². The summed E-state index contributed by atoms with van der Waals surface area (Å²) in [6, 6.07) is 4.92. The Labute approximate surface area is 117 Å². The standard InChI is InChI=1S/C14H20N2O4/c1-2-10(15)8-13(18)16-12(14(19)20)7-9-3-5-11(17)6-4-9/h3-6,10,12,17H,2,7-8,15H2,1H3,(H,16,18)(H,19,20)/t10?,12-/m0/s1. The molecular weight excluding hydrogens is 260 g/mol. The van der Waals surface area contributed by atoms with Gasteiger partial charge in [0.25, 0.3) is 0 Å². The number of hydrogen-bond donors (Lipinski definition) is 4. The number of benzene rings is 1. The molecule has 0 aliphatic carbocycles. The van der Waals surface area contributed by atoms with Crippen LogP contribution in [0.5, 0.6) is 5.75 Å². The highest BCUT2D eigenvalue weighted by Gasteiger charge is 2.21. The van der Waals surface area contributed by atoms with E-state index in [0.29, 0.717) is 6.42 Å². The maximum Gasteiger partial charge on any atom is 0.326 e. The van der Waals surface area contributed by atoms with Crippen LogP contribution in [-0.4, -0.2) is 34.2 Å². The Morgan fingerprint density at radius 1 is 1.30 bits per heavy atom. The highest BCUT2D eigenvalue weighted by Crippen LogP contribution is 2.11. The molecule has 1 aromatic rings. The van der Waals surface area contributed by atoms with E-state index in [1.165, 1.54) is 12.1 Å². The van der Waals surface area contributed by atoms with E-state index >= 15 is 0 Å². The topological polar surface area (TPSA) is 113 Å². The molecule has 6 nitrogen and oxygen atoms in total. The lowest BCUT2D eigenvalue weighted by Crippen LogP contribution is -2.44. The van der Waals surface area contributed by atoms with E-state index in [0.717, 1.165) is 5.56 Å². The summed E-state index contributed by atoms with van der Waals surface area (Å²) in [4.78, 5) is 22.8. The van der Waals surface area contributed by atoms with Crippen LogP contribution in [-0.2, 0) is 16.0 Å². The molecule has 0 radical (unpaired) electrons. The van der Waals surface area contributed by atoms with Crippen molar-refractivity contribution in [1.29, 1.82) is 0 Å². The molecule has 0 aromatic heterocycles. The highest BCUT2D eigenvalue weighted by atomic mass is 16.4. The molecule has 20 heavy (non-hydrogen) atoms. The molecule has 1 aromatic carbocycles. The summed E-state index contributed by atoms with van der Waals surface area (Å²) in [7, 11) is 0. The van der Waals surface area contributed by atoms with Crippen molar-refractivity contribution in [3.63, 3.8) is 0 Å². The van der Waals surface area contributed by atoms with E-state index in [1.807, 2.05) is 6.92 Å². The summed E-state index contributed by atoms with van der Waals surface area (Å²) in [5.41, 5.74) is 6.38. The average Bonchev–Trinajstić information content (AvgIpc) is 2.40. The third kappa shape index (κ3) is 5.27. The van der Waals surface area contributed by atoms with Crippen LogP contribution in [0, 0.1) is 0 Å². The Kier molecular flexibility index (Phi) is 5.99. The maximum atomic E-state index is 11.7. The zero-order valence-electron chi connectivity index (χ0n) is 11.4. The Morgan fingerprint density at radius 2 is 1.90 bits per heavy atom. The second-order valence-electron chi connectivity index (χ2n) is 4.70. The Balaban J connectivity index is 2.63. The molecule has 0 fully saturated rings. The summed E-state index contributed by atoms with van der Waals surface area (Å²) in [5.74, 6) is -1.36. The van der Waals surface area contributed by atoms with Crippen molar-refractivity contribution < 1.29 is 19.8 Å². The molecule has 110 valence electrons. The van der Waals surface area contributed by atoms with E-state index in [-0.39, 0.29) is 30.5 Å². The van der Waals surface area contributed by atoms with Crippen molar-refractivity contribution in [3.8, 4) is 5.75 Å². The number of phenols is 1. The van der Waals surface area contributed by atoms with Crippen LogP contribution in [0.25, 0.3) is 0 Å². The van der Waals surface area contributed by atoms with Crippen LogP contribution in [0.15, 0.2) is 24.3 Å². The van der Waals surface area contributed by atoms with E-state index < -0.39 is 12.0 Å².